The Bertz CT molecular complexity index is 1360. The van der Waals surface area contributed by atoms with Gasteiger partial charge in [0.25, 0.3) is 5.91 Å². The highest BCUT2D eigenvalue weighted by Gasteiger charge is 2.24. The first-order valence-corrected chi connectivity index (χ1v) is 12.9. The van der Waals surface area contributed by atoms with Crippen molar-refractivity contribution >= 4 is 45.2 Å². The lowest BCUT2D eigenvalue weighted by Crippen LogP contribution is -2.49. The van der Waals surface area contributed by atoms with Gasteiger partial charge in [-0.3, -0.25) is 4.79 Å². The van der Waals surface area contributed by atoms with Crippen molar-refractivity contribution in [2.45, 2.75) is 6.61 Å². The van der Waals surface area contributed by atoms with Crippen LogP contribution in [0.15, 0.2) is 70.7 Å². The number of amides is 1. The van der Waals surface area contributed by atoms with Gasteiger partial charge in [-0.25, -0.2) is 0 Å². The molecule has 0 N–H and O–H groups in total. The van der Waals surface area contributed by atoms with Gasteiger partial charge in [-0.2, -0.15) is 5.26 Å². The molecule has 3 aromatic carbocycles. The molecule has 2 aliphatic rings. The van der Waals surface area contributed by atoms with E-state index in [0.717, 1.165) is 11.3 Å². The van der Waals surface area contributed by atoms with Crippen LogP contribution < -0.4 is 19.1 Å². The maximum absolute atomic E-state index is 13.1. The summed E-state index contributed by atoms with van der Waals surface area (Å²) in [5.41, 5.74) is 2.72. The van der Waals surface area contributed by atoms with Crippen LogP contribution in [0.3, 0.4) is 0 Å². The summed E-state index contributed by atoms with van der Waals surface area (Å²) < 4.78 is 17.3. The molecule has 0 spiro atoms. The number of hydrogen-bond donors (Lipinski definition) is 0. The summed E-state index contributed by atoms with van der Waals surface area (Å²) in [5, 5.41) is 10.1. The number of halogens is 2. The van der Waals surface area contributed by atoms with Gasteiger partial charge in [0.2, 0.25) is 6.79 Å². The molecule has 0 aromatic heterocycles. The molecule has 1 saturated heterocycles. The molecular weight excluding hydrogens is 558 g/mol. The van der Waals surface area contributed by atoms with Gasteiger partial charge < -0.3 is 24.0 Å². The lowest BCUT2D eigenvalue weighted by Gasteiger charge is -2.36. The molecule has 7 nitrogen and oxygen atoms in total. The van der Waals surface area contributed by atoms with E-state index in [1.54, 1.807) is 23.1 Å². The average molecular weight is 581 g/mol. The number of ether oxygens (including phenoxy) is 3. The Morgan fingerprint density at radius 2 is 1.81 bits per heavy atom. The molecular formula is C28H23BrClN3O4. The standard InChI is InChI=1S/C28H23BrClN3O4/c29-23-13-20(14-24(30)27(23)35-17-19-6-7-25-26(15-19)37-18-36-25)12-21(16-31)28(34)33-10-8-32(9-11-33)22-4-2-1-3-5-22/h1-7,12-15H,8-11,17-18H2/b21-12-. The van der Waals surface area contributed by atoms with Gasteiger partial charge in [-0.15, -0.1) is 0 Å². The highest BCUT2D eigenvalue weighted by Crippen LogP contribution is 2.37. The van der Waals surface area contributed by atoms with Gasteiger partial charge >= 0.3 is 0 Å². The number of benzene rings is 3. The van der Waals surface area contributed by atoms with E-state index >= 15 is 0 Å². The van der Waals surface area contributed by atoms with Crippen LogP contribution in [0.25, 0.3) is 6.08 Å². The molecule has 188 valence electrons. The Morgan fingerprint density at radius 1 is 1.05 bits per heavy atom. The average Bonchev–Trinajstić information content (AvgIpc) is 3.39. The van der Waals surface area contributed by atoms with E-state index in [1.165, 1.54) is 0 Å². The van der Waals surface area contributed by atoms with Crippen molar-refractivity contribution in [3.8, 4) is 23.3 Å². The summed E-state index contributed by atoms with van der Waals surface area (Å²) in [4.78, 5) is 17.0. The summed E-state index contributed by atoms with van der Waals surface area (Å²) in [6.45, 7) is 3.00. The molecule has 0 radical (unpaired) electrons. The smallest absolute Gasteiger partial charge is 0.264 e. The molecule has 2 heterocycles. The van der Waals surface area contributed by atoms with Crippen molar-refractivity contribution in [3.63, 3.8) is 0 Å². The van der Waals surface area contributed by atoms with Gasteiger partial charge in [0, 0.05) is 31.9 Å². The number of nitrogens with zero attached hydrogens (tertiary/aromatic N) is 3. The number of piperazine rings is 1. The highest BCUT2D eigenvalue weighted by molar-refractivity contribution is 9.10. The molecule has 5 rings (SSSR count). The Labute approximate surface area is 228 Å². The number of rotatable bonds is 6. The summed E-state index contributed by atoms with van der Waals surface area (Å²) in [5.74, 6) is 1.57. The van der Waals surface area contributed by atoms with E-state index in [0.29, 0.717) is 58.5 Å². The first-order chi connectivity index (χ1) is 18.0. The Kier molecular flexibility index (Phi) is 7.54. The van der Waals surface area contributed by atoms with Crippen LogP contribution in [0.2, 0.25) is 5.02 Å². The number of carbonyl (C=O) groups excluding carboxylic acids is 1. The zero-order valence-electron chi connectivity index (χ0n) is 19.8. The molecule has 37 heavy (non-hydrogen) atoms. The topological polar surface area (TPSA) is 75.0 Å². The number of carbonyl (C=O) groups is 1. The molecule has 0 unspecified atom stereocenters. The van der Waals surface area contributed by atoms with E-state index in [9.17, 15) is 10.1 Å². The fourth-order valence-corrected chi connectivity index (χ4v) is 5.26. The maximum atomic E-state index is 13.1. The molecule has 1 fully saturated rings. The molecule has 3 aromatic rings. The van der Waals surface area contributed by atoms with Crippen LogP contribution in [0.5, 0.6) is 17.2 Å². The second kappa shape index (κ2) is 11.2. The first kappa shape index (κ1) is 25.0. The third-order valence-corrected chi connectivity index (χ3v) is 7.06. The minimum Gasteiger partial charge on any atom is -0.486 e. The minimum absolute atomic E-state index is 0.0603. The van der Waals surface area contributed by atoms with Gasteiger partial charge in [0.05, 0.1) is 9.50 Å². The van der Waals surface area contributed by atoms with Gasteiger partial charge in [0.15, 0.2) is 17.2 Å². The van der Waals surface area contributed by atoms with Crippen LogP contribution >= 0.6 is 27.5 Å². The second-order valence-electron chi connectivity index (χ2n) is 8.57. The third kappa shape index (κ3) is 5.68. The normalized spacial score (nSPS) is 14.9. The number of nitriles is 1. The third-order valence-electron chi connectivity index (χ3n) is 6.19. The predicted octanol–water partition coefficient (Wildman–Crippen LogP) is 5.67. The molecule has 0 bridgehead atoms. The van der Waals surface area contributed by atoms with Crippen molar-refractivity contribution in [1.82, 2.24) is 4.90 Å². The Hall–Kier alpha value is -3.67. The van der Waals surface area contributed by atoms with Gasteiger partial charge in [0.1, 0.15) is 18.2 Å². The SMILES string of the molecule is N#C/C(=C/c1cc(Cl)c(OCc2ccc3c(c2)OCO3)c(Br)c1)C(=O)N1CCN(c2ccccc2)CC1. The molecule has 0 saturated carbocycles. The van der Waals surface area contributed by atoms with Crippen molar-refractivity contribution in [3.05, 3.63) is 86.9 Å². The van der Waals surface area contributed by atoms with Gasteiger partial charge in [-0.05, 0) is 69.5 Å². The van der Waals surface area contributed by atoms with Crippen molar-refractivity contribution in [2.24, 2.45) is 0 Å². The Morgan fingerprint density at radius 3 is 2.54 bits per heavy atom. The summed E-state index contributed by atoms with van der Waals surface area (Å²) in [7, 11) is 0. The van der Waals surface area contributed by atoms with E-state index in [2.05, 4.69) is 39.0 Å². The van der Waals surface area contributed by atoms with Crippen LogP contribution in [0.1, 0.15) is 11.1 Å². The molecule has 0 atom stereocenters. The monoisotopic (exact) mass is 579 g/mol. The van der Waals surface area contributed by atoms with Crippen LogP contribution in [0.4, 0.5) is 5.69 Å². The van der Waals surface area contributed by atoms with E-state index in [4.69, 9.17) is 25.8 Å². The number of hydrogen-bond acceptors (Lipinski definition) is 6. The number of fused-ring (bicyclic) bond motifs is 1. The summed E-state index contributed by atoms with van der Waals surface area (Å²) in [6.07, 6.45) is 1.56. The molecule has 9 heteroatoms. The summed E-state index contributed by atoms with van der Waals surface area (Å²) >= 11 is 10.0. The van der Waals surface area contributed by atoms with Crippen molar-refractivity contribution < 1.29 is 19.0 Å². The lowest BCUT2D eigenvalue weighted by molar-refractivity contribution is -0.126. The quantitative estimate of drug-likeness (QED) is 0.276. The largest absolute Gasteiger partial charge is 0.486 e. The maximum Gasteiger partial charge on any atom is 0.264 e. The number of para-hydroxylation sites is 1. The molecule has 1 amide bonds. The van der Waals surface area contributed by atoms with Crippen molar-refractivity contribution in [1.29, 1.82) is 5.26 Å². The van der Waals surface area contributed by atoms with Gasteiger partial charge in [-0.1, -0.05) is 35.9 Å². The van der Waals surface area contributed by atoms with E-state index < -0.39 is 0 Å². The zero-order valence-corrected chi connectivity index (χ0v) is 22.2. The minimum atomic E-state index is -0.286. The van der Waals surface area contributed by atoms with Crippen LogP contribution in [-0.2, 0) is 11.4 Å². The van der Waals surface area contributed by atoms with Crippen LogP contribution in [-0.4, -0.2) is 43.8 Å². The fourth-order valence-electron chi connectivity index (χ4n) is 4.27. The zero-order chi connectivity index (χ0) is 25.8. The molecule has 2 aliphatic heterocycles. The fraction of sp³-hybridized carbons (Fsp3) is 0.214. The lowest BCUT2D eigenvalue weighted by atomic mass is 10.1. The highest BCUT2D eigenvalue weighted by atomic mass is 79.9. The van der Waals surface area contributed by atoms with Crippen LogP contribution in [0, 0.1) is 11.3 Å². The second-order valence-corrected chi connectivity index (χ2v) is 9.84. The first-order valence-electron chi connectivity index (χ1n) is 11.7. The predicted molar refractivity (Wildman–Crippen MR) is 145 cm³/mol. The Balaban J connectivity index is 1.24. The summed E-state index contributed by atoms with van der Waals surface area (Å²) in [6, 6.07) is 21.2. The molecule has 0 aliphatic carbocycles. The van der Waals surface area contributed by atoms with E-state index in [-0.39, 0.29) is 24.9 Å². The number of anilines is 1. The van der Waals surface area contributed by atoms with Crippen molar-refractivity contribution in [2.75, 3.05) is 37.9 Å². The van der Waals surface area contributed by atoms with E-state index in [1.807, 2.05) is 36.4 Å².